The highest BCUT2D eigenvalue weighted by atomic mass is 19.3. The number of aromatic amines is 1. The van der Waals surface area contributed by atoms with Crippen molar-refractivity contribution in [3.05, 3.63) is 30.3 Å². The van der Waals surface area contributed by atoms with Gasteiger partial charge in [0.15, 0.2) is 0 Å². The van der Waals surface area contributed by atoms with Gasteiger partial charge in [-0.15, -0.1) is 0 Å². The summed E-state index contributed by atoms with van der Waals surface area (Å²) in [4.78, 5) is 6.29. The first-order chi connectivity index (χ1) is 5.40. The first-order valence-corrected chi connectivity index (χ1v) is 3.26. The zero-order valence-corrected chi connectivity index (χ0v) is 5.67. The molecule has 1 N–H and O–H groups in total. The third kappa shape index (κ3) is 0.941. The van der Waals surface area contributed by atoms with E-state index >= 15 is 0 Å². The molecule has 2 aromatic rings. The van der Waals surface area contributed by atoms with Crippen LogP contribution in [0.2, 0.25) is 0 Å². The highest BCUT2D eigenvalue weighted by Gasteiger charge is 1.98. The maximum absolute atomic E-state index is 11.6. The normalized spacial score (nSPS) is 10.3. The highest BCUT2D eigenvalue weighted by Crippen LogP contribution is 2.19. The molecule has 0 aliphatic carbocycles. The van der Waals surface area contributed by atoms with Crippen LogP contribution in [-0.2, 0) is 0 Å². The smallest absolute Gasteiger partial charge is 0.242 e. The van der Waals surface area contributed by atoms with Crippen molar-refractivity contribution in [1.29, 1.82) is 0 Å². The predicted octanol–water partition coefficient (Wildman–Crippen LogP) is 2.43. The van der Waals surface area contributed by atoms with Crippen LogP contribution in [-0.4, -0.2) is 4.98 Å². The molecular formula is C8H6FNO. The van der Waals surface area contributed by atoms with Gasteiger partial charge in [0, 0.05) is 21.5 Å². The zero-order chi connectivity index (χ0) is 7.68. The van der Waals surface area contributed by atoms with Crippen LogP contribution in [0.1, 0.15) is 0 Å². The van der Waals surface area contributed by atoms with Gasteiger partial charge in [-0.1, -0.05) is 18.2 Å². The summed E-state index contributed by atoms with van der Waals surface area (Å²) < 4.78 is 11.6. The molecule has 0 amide bonds. The number of halogens is 1. The van der Waals surface area contributed by atoms with Crippen LogP contribution < -0.4 is 4.94 Å². The maximum Gasteiger partial charge on any atom is 0.242 e. The van der Waals surface area contributed by atoms with E-state index in [0.717, 1.165) is 10.9 Å². The molecule has 0 atom stereocenters. The average molecular weight is 151 g/mol. The molecule has 0 unspecified atom stereocenters. The topological polar surface area (TPSA) is 25.0 Å². The second kappa shape index (κ2) is 2.27. The van der Waals surface area contributed by atoms with Crippen molar-refractivity contribution in [2.45, 2.75) is 0 Å². The van der Waals surface area contributed by atoms with Gasteiger partial charge in [0.2, 0.25) is 5.88 Å². The number of aromatic nitrogens is 1. The Morgan fingerprint density at radius 2 is 2.09 bits per heavy atom. The molecule has 0 fully saturated rings. The molecule has 0 aliphatic heterocycles. The Morgan fingerprint density at radius 1 is 1.27 bits per heavy atom. The summed E-state index contributed by atoms with van der Waals surface area (Å²) in [5, 5.41) is 0.945. The second-order valence-corrected chi connectivity index (χ2v) is 2.30. The van der Waals surface area contributed by atoms with Crippen LogP contribution in [0.25, 0.3) is 10.9 Å². The van der Waals surface area contributed by atoms with Gasteiger partial charge in [0.05, 0.1) is 0 Å². The molecule has 0 aliphatic rings. The largest absolute Gasteiger partial charge is 0.323 e. The number of hydrogen-bond donors (Lipinski definition) is 1. The zero-order valence-electron chi connectivity index (χ0n) is 5.67. The molecule has 1 aromatic heterocycles. The molecule has 11 heavy (non-hydrogen) atoms. The number of nitrogens with one attached hydrogen (secondary N) is 1. The Morgan fingerprint density at radius 3 is 2.82 bits per heavy atom. The fourth-order valence-electron chi connectivity index (χ4n) is 1.09. The lowest BCUT2D eigenvalue weighted by Gasteiger charge is -1.83. The fourth-order valence-corrected chi connectivity index (χ4v) is 1.09. The summed E-state index contributed by atoms with van der Waals surface area (Å²) in [5.74, 6) is 0.145. The van der Waals surface area contributed by atoms with E-state index < -0.39 is 0 Å². The lowest BCUT2D eigenvalue weighted by atomic mass is 10.3. The molecule has 2 nitrogen and oxygen atoms in total. The van der Waals surface area contributed by atoms with E-state index in [4.69, 9.17) is 0 Å². The fraction of sp³-hybridized carbons (Fsp3) is 0. The summed E-state index contributed by atoms with van der Waals surface area (Å²) in [6.07, 6.45) is 0. The molecule has 2 rings (SSSR count). The van der Waals surface area contributed by atoms with E-state index in [1.165, 1.54) is 0 Å². The quantitative estimate of drug-likeness (QED) is 0.665. The minimum atomic E-state index is 0.145. The SMILES string of the molecule is FOc1cc2ccccc2[nH]1. The minimum Gasteiger partial charge on any atom is -0.323 e. The lowest BCUT2D eigenvalue weighted by molar-refractivity contribution is -0.0109. The van der Waals surface area contributed by atoms with E-state index in [9.17, 15) is 4.53 Å². The van der Waals surface area contributed by atoms with E-state index in [2.05, 4.69) is 9.93 Å². The number of rotatable bonds is 1. The van der Waals surface area contributed by atoms with Crippen LogP contribution in [0, 0.1) is 0 Å². The molecule has 1 aromatic carbocycles. The van der Waals surface area contributed by atoms with Crippen LogP contribution in [0.15, 0.2) is 30.3 Å². The number of para-hydroxylation sites is 1. The number of fused-ring (bicyclic) bond motifs is 1. The van der Waals surface area contributed by atoms with Crippen LogP contribution in [0.4, 0.5) is 4.53 Å². The number of hydrogen-bond acceptors (Lipinski definition) is 1. The summed E-state index contributed by atoms with van der Waals surface area (Å²) in [6, 6.07) is 9.11. The van der Waals surface area contributed by atoms with Crippen LogP contribution >= 0.6 is 0 Å². The molecule has 0 saturated carbocycles. The van der Waals surface area contributed by atoms with Crippen molar-refractivity contribution < 1.29 is 9.47 Å². The van der Waals surface area contributed by atoms with Crippen molar-refractivity contribution in [1.82, 2.24) is 4.98 Å². The van der Waals surface area contributed by atoms with Crippen LogP contribution in [0.5, 0.6) is 5.88 Å². The molecule has 0 bridgehead atoms. The number of H-pyrrole nitrogens is 1. The third-order valence-corrected chi connectivity index (χ3v) is 1.59. The predicted molar refractivity (Wildman–Crippen MR) is 40.0 cm³/mol. The monoisotopic (exact) mass is 151 g/mol. The number of benzene rings is 1. The van der Waals surface area contributed by atoms with Crippen molar-refractivity contribution >= 4 is 10.9 Å². The van der Waals surface area contributed by atoms with Crippen molar-refractivity contribution in [2.24, 2.45) is 0 Å². The Kier molecular flexibility index (Phi) is 1.28. The Bertz CT molecular complexity index is 336. The summed E-state index contributed by atoms with van der Waals surface area (Å²) in [5.41, 5.74) is 0.875. The minimum absolute atomic E-state index is 0.145. The molecule has 0 saturated heterocycles. The molecule has 56 valence electrons. The van der Waals surface area contributed by atoms with Gasteiger partial charge in [-0.3, -0.25) is 4.94 Å². The van der Waals surface area contributed by atoms with Gasteiger partial charge >= 0.3 is 0 Å². The van der Waals surface area contributed by atoms with E-state index in [1.54, 1.807) is 6.07 Å². The van der Waals surface area contributed by atoms with E-state index in [1.807, 2.05) is 24.3 Å². The Balaban J connectivity index is 2.69. The lowest BCUT2D eigenvalue weighted by Crippen LogP contribution is -1.72. The molecular weight excluding hydrogens is 145 g/mol. The Labute approximate surface area is 62.5 Å². The standard InChI is InChI=1S/C8H6FNO/c9-11-8-5-6-3-1-2-4-7(6)10-8/h1-5,10H. The summed E-state index contributed by atoms with van der Waals surface area (Å²) in [7, 11) is 0. The summed E-state index contributed by atoms with van der Waals surface area (Å²) >= 11 is 0. The van der Waals surface area contributed by atoms with Gasteiger partial charge in [-0.25, -0.2) is 0 Å². The highest BCUT2D eigenvalue weighted by molar-refractivity contribution is 5.81. The molecule has 0 spiro atoms. The molecule has 3 heteroatoms. The van der Waals surface area contributed by atoms with Crippen molar-refractivity contribution in [2.75, 3.05) is 0 Å². The van der Waals surface area contributed by atoms with Gasteiger partial charge in [0.1, 0.15) is 0 Å². The van der Waals surface area contributed by atoms with E-state index in [0.29, 0.717) is 0 Å². The van der Waals surface area contributed by atoms with E-state index in [-0.39, 0.29) is 5.88 Å². The van der Waals surface area contributed by atoms with Gasteiger partial charge < -0.3 is 4.98 Å². The molecule has 1 heterocycles. The van der Waals surface area contributed by atoms with Crippen molar-refractivity contribution in [3.63, 3.8) is 0 Å². The third-order valence-electron chi connectivity index (χ3n) is 1.59. The van der Waals surface area contributed by atoms with Crippen LogP contribution in [0.3, 0.4) is 0 Å². The first-order valence-electron chi connectivity index (χ1n) is 3.26. The maximum atomic E-state index is 11.6. The van der Waals surface area contributed by atoms with Gasteiger partial charge in [-0.2, -0.15) is 0 Å². The molecule has 0 radical (unpaired) electrons. The average Bonchev–Trinajstić information content (AvgIpc) is 2.46. The van der Waals surface area contributed by atoms with Gasteiger partial charge in [-0.05, 0) is 6.07 Å². The second-order valence-electron chi connectivity index (χ2n) is 2.30. The Hall–Kier alpha value is -1.51. The van der Waals surface area contributed by atoms with Gasteiger partial charge in [0.25, 0.3) is 0 Å². The first kappa shape index (κ1) is 6.22. The van der Waals surface area contributed by atoms with Crippen molar-refractivity contribution in [3.8, 4) is 5.88 Å². The summed E-state index contributed by atoms with van der Waals surface area (Å²) in [6.45, 7) is 0.